The van der Waals surface area contributed by atoms with Crippen molar-refractivity contribution < 1.29 is 9.21 Å². The van der Waals surface area contributed by atoms with Crippen LogP contribution in [0, 0.1) is 0 Å². The number of nitrogens with one attached hydrogen (secondary N) is 2. The molecule has 2 N–H and O–H groups in total. The van der Waals surface area contributed by atoms with Gasteiger partial charge in [0, 0.05) is 24.5 Å². The molecule has 0 aliphatic carbocycles. The van der Waals surface area contributed by atoms with Crippen LogP contribution in [0.4, 0.5) is 0 Å². The molecule has 24 heavy (non-hydrogen) atoms. The second-order valence-electron chi connectivity index (χ2n) is 5.48. The number of H-pyrrole nitrogens is 1. The molecule has 0 saturated carbocycles. The van der Waals surface area contributed by atoms with Crippen molar-refractivity contribution in [1.29, 1.82) is 0 Å². The summed E-state index contributed by atoms with van der Waals surface area (Å²) in [5.41, 5.74) is 3.95. The summed E-state index contributed by atoms with van der Waals surface area (Å²) in [7, 11) is 1.90. The molecule has 1 amide bonds. The van der Waals surface area contributed by atoms with Crippen LogP contribution in [-0.2, 0) is 13.6 Å². The SMILES string of the molecule is Cn1ncc2c(CNC(=O)c3cc(-c4ccoc4)n[nH]3)cccc21. The Morgan fingerprint density at radius 1 is 1.38 bits per heavy atom. The fourth-order valence-corrected chi connectivity index (χ4v) is 2.66. The second-order valence-corrected chi connectivity index (χ2v) is 5.48. The molecule has 4 aromatic rings. The molecule has 0 aliphatic heterocycles. The molecule has 120 valence electrons. The number of fused-ring (bicyclic) bond motifs is 1. The van der Waals surface area contributed by atoms with E-state index in [-0.39, 0.29) is 5.91 Å². The van der Waals surface area contributed by atoms with E-state index in [1.54, 1.807) is 24.7 Å². The maximum absolute atomic E-state index is 12.3. The number of furan rings is 1. The Bertz CT molecular complexity index is 997. The van der Waals surface area contributed by atoms with Crippen molar-refractivity contribution in [3.8, 4) is 11.3 Å². The topological polar surface area (TPSA) is 88.7 Å². The number of benzene rings is 1. The Morgan fingerprint density at radius 2 is 2.29 bits per heavy atom. The van der Waals surface area contributed by atoms with Gasteiger partial charge in [-0.25, -0.2) is 0 Å². The summed E-state index contributed by atoms with van der Waals surface area (Å²) in [5.74, 6) is -0.210. The van der Waals surface area contributed by atoms with Crippen LogP contribution in [-0.4, -0.2) is 25.9 Å². The van der Waals surface area contributed by atoms with Crippen LogP contribution in [0.15, 0.2) is 53.5 Å². The Hall–Kier alpha value is -3.35. The molecule has 1 aromatic carbocycles. The first kappa shape index (κ1) is 14.3. The lowest BCUT2D eigenvalue weighted by molar-refractivity contribution is 0.0946. The zero-order valence-corrected chi connectivity index (χ0v) is 13.0. The molecule has 4 rings (SSSR count). The van der Waals surface area contributed by atoms with E-state index in [0.717, 1.165) is 22.0 Å². The number of rotatable bonds is 4. The highest BCUT2D eigenvalue weighted by Gasteiger charge is 2.12. The number of aryl methyl sites for hydroxylation is 1. The number of aromatic nitrogens is 4. The van der Waals surface area contributed by atoms with Crippen molar-refractivity contribution in [2.24, 2.45) is 7.05 Å². The number of hydrogen-bond acceptors (Lipinski definition) is 4. The van der Waals surface area contributed by atoms with Gasteiger partial charge in [0.15, 0.2) is 0 Å². The van der Waals surface area contributed by atoms with Crippen molar-refractivity contribution in [2.75, 3.05) is 0 Å². The largest absolute Gasteiger partial charge is 0.472 e. The monoisotopic (exact) mass is 321 g/mol. The molecular weight excluding hydrogens is 306 g/mol. The number of amides is 1. The summed E-state index contributed by atoms with van der Waals surface area (Å²) in [4.78, 5) is 12.3. The summed E-state index contributed by atoms with van der Waals surface area (Å²) in [6.45, 7) is 0.419. The van der Waals surface area contributed by atoms with E-state index in [0.29, 0.717) is 17.9 Å². The van der Waals surface area contributed by atoms with Gasteiger partial charge in [-0.3, -0.25) is 14.6 Å². The Morgan fingerprint density at radius 3 is 3.12 bits per heavy atom. The summed E-state index contributed by atoms with van der Waals surface area (Å²) < 4.78 is 6.84. The lowest BCUT2D eigenvalue weighted by Crippen LogP contribution is -2.23. The van der Waals surface area contributed by atoms with Gasteiger partial charge < -0.3 is 9.73 Å². The molecule has 3 aromatic heterocycles. The van der Waals surface area contributed by atoms with E-state index < -0.39 is 0 Å². The second kappa shape index (κ2) is 5.69. The van der Waals surface area contributed by atoms with Gasteiger partial charge in [-0.2, -0.15) is 10.2 Å². The molecule has 0 bridgehead atoms. The molecule has 7 nitrogen and oxygen atoms in total. The third-order valence-corrected chi connectivity index (χ3v) is 3.96. The van der Waals surface area contributed by atoms with Gasteiger partial charge in [0.25, 0.3) is 5.91 Å². The summed E-state index contributed by atoms with van der Waals surface area (Å²) in [6.07, 6.45) is 4.96. The van der Waals surface area contributed by atoms with Gasteiger partial charge in [-0.15, -0.1) is 0 Å². The Balaban J connectivity index is 1.50. The normalized spacial score (nSPS) is 11.0. The zero-order chi connectivity index (χ0) is 16.5. The molecular formula is C17H15N5O2. The highest BCUT2D eigenvalue weighted by molar-refractivity contribution is 5.93. The molecule has 3 heterocycles. The van der Waals surface area contributed by atoms with Gasteiger partial charge in [-0.1, -0.05) is 12.1 Å². The fourth-order valence-electron chi connectivity index (χ4n) is 2.66. The molecule has 7 heteroatoms. The number of carbonyl (C=O) groups excluding carboxylic acids is 1. The molecule has 0 radical (unpaired) electrons. The van der Waals surface area contributed by atoms with Crippen molar-refractivity contribution in [1.82, 2.24) is 25.3 Å². The predicted octanol–water partition coefficient (Wildman–Crippen LogP) is 2.49. The van der Waals surface area contributed by atoms with E-state index in [9.17, 15) is 4.79 Å². The quantitative estimate of drug-likeness (QED) is 0.604. The number of nitrogens with zero attached hydrogens (tertiary/aromatic N) is 3. The molecule has 0 fully saturated rings. The first-order valence-electron chi connectivity index (χ1n) is 7.48. The van der Waals surface area contributed by atoms with Gasteiger partial charge >= 0.3 is 0 Å². The molecule has 0 atom stereocenters. The zero-order valence-electron chi connectivity index (χ0n) is 13.0. The van der Waals surface area contributed by atoms with Crippen molar-refractivity contribution in [2.45, 2.75) is 6.54 Å². The van der Waals surface area contributed by atoms with Crippen LogP contribution in [0.2, 0.25) is 0 Å². The van der Waals surface area contributed by atoms with Crippen molar-refractivity contribution in [3.05, 3.63) is 60.3 Å². The lowest BCUT2D eigenvalue weighted by Gasteiger charge is -2.05. The van der Waals surface area contributed by atoms with Gasteiger partial charge in [-0.05, 0) is 23.8 Å². The smallest absolute Gasteiger partial charge is 0.269 e. The van der Waals surface area contributed by atoms with E-state index in [1.807, 2.05) is 36.1 Å². The van der Waals surface area contributed by atoms with Crippen molar-refractivity contribution in [3.63, 3.8) is 0 Å². The first-order valence-corrected chi connectivity index (χ1v) is 7.48. The highest BCUT2D eigenvalue weighted by Crippen LogP contribution is 2.19. The summed E-state index contributed by atoms with van der Waals surface area (Å²) >= 11 is 0. The summed E-state index contributed by atoms with van der Waals surface area (Å²) in [5, 5.41) is 15.1. The summed E-state index contributed by atoms with van der Waals surface area (Å²) in [6, 6.07) is 9.43. The minimum absolute atomic E-state index is 0.210. The number of aromatic amines is 1. The number of hydrogen-bond donors (Lipinski definition) is 2. The maximum atomic E-state index is 12.3. The van der Waals surface area contributed by atoms with E-state index >= 15 is 0 Å². The van der Waals surface area contributed by atoms with Crippen LogP contribution in [0.1, 0.15) is 16.1 Å². The average Bonchev–Trinajstić information content (AvgIpc) is 3.33. The minimum atomic E-state index is -0.210. The number of carbonyl (C=O) groups is 1. The molecule has 0 saturated heterocycles. The first-order chi connectivity index (χ1) is 11.7. The van der Waals surface area contributed by atoms with Crippen LogP contribution in [0.5, 0.6) is 0 Å². The third kappa shape index (κ3) is 2.45. The predicted molar refractivity (Wildman–Crippen MR) is 88.2 cm³/mol. The average molecular weight is 321 g/mol. The molecule has 0 aliphatic rings. The van der Waals surface area contributed by atoms with Crippen molar-refractivity contribution >= 4 is 16.8 Å². The highest BCUT2D eigenvalue weighted by atomic mass is 16.3. The van der Waals surface area contributed by atoms with E-state index in [2.05, 4.69) is 20.6 Å². The van der Waals surface area contributed by atoms with Gasteiger partial charge in [0.05, 0.1) is 29.9 Å². The van der Waals surface area contributed by atoms with E-state index in [1.165, 1.54) is 0 Å². The van der Waals surface area contributed by atoms with Gasteiger partial charge in [0.1, 0.15) is 5.69 Å². The maximum Gasteiger partial charge on any atom is 0.269 e. The standard InChI is InChI=1S/C17H15N5O2/c1-22-16-4-2-3-11(13(16)9-19-22)8-18-17(23)15-7-14(20-21-15)12-5-6-24-10-12/h2-7,9-10H,8H2,1H3,(H,18,23)(H,20,21). The van der Waals surface area contributed by atoms with Crippen LogP contribution in [0.25, 0.3) is 22.2 Å². The molecule has 0 spiro atoms. The Labute approximate surface area is 137 Å². The van der Waals surface area contributed by atoms with Gasteiger partial charge in [0.2, 0.25) is 0 Å². The van der Waals surface area contributed by atoms with Crippen LogP contribution < -0.4 is 5.32 Å². The van der Waals surface area contributed by atoms with Crippen LogP contribution >= 0.6 is 0 Å². The Kier molecular flexibility index (Phi) is 3.38. The van der Waals surface area contributed by atoms with E-state index in [4.69, 9.17) is 4.42 Å². The van der Waals surface area contributed by atoms with Crippen LogP contribution in [0.3, 0.4) is 0 Å². The molecule has 0 unspecified atom stereocenters. The lowest BCUT2D eigenvalue weighted by atomic mass is 10.1. The fraction of sp³-hybridized carbons (Fsp3) is 0.118. The minimum Gasteiger partial charge on any atom is -0.472 e. The third-order valence-electron chi connectivity index (χ3n) is 3.96.